The van der Waals surface area contributed by atoms with E-state index in [9.17, 15) is 9.59 Å². The minimum Gasteiger partial charge on any atom is -0.445 e. The second kappa shape index (κ2) is 9.15. The first-order chi connectivity index (χ1) is 11.3. The molecule has 0 bridgehead atoms. The Morgan fingerprint density at radius 2 is 2.04 bits per heavy atom. The number of amides is 1. The van der Waals surface area contributed by atoms with E-state index in [0.29, 0.717) is 24.2 Å². The van der Waals surface area contributed by atoms with Gasteiger partial charge in [-0.3, -0.25) is 9.78 Å². The van der Waals surface area contributed by atoms with E-state index >= 15 is 0 Å². The number of pyridine rings is 1. The molecule has 5 heteroatoms. The lowest BCUT2D eigenvalue weighted by atomic mass is 10.2. The average Bonchev–Trinajstić information content (AvgIpc) is 2.61. The van der Waals surface area contributed by atoms with Gasteiger partial charge in [-0.05, 0) is 30.2 Å². The summed E-state index contributed by atoms with van der Waals surface area (Å²) in [4.78, 5) is 26.3. The predicted octanol–water partition coefficient (Wildman–Crippen LogP) is 3.22. The number of ether oxygens (including phenoxy) is 1. The van der Waals surface area contributed by atoms with E-state index in [-0.39, 0.29) is 6.61 Å². The molecule has 0 aliphatic rings. The zero-order valence-electron chi connectivity index (χ0n) is 12.6. The van der Waals surface area contributed by atoms with E-state index < -0.39 is 6.09 Å². The molecule has 1 amide bonds. The summed E-state index contributed by atoms with van der Waals surface area (Å²) in [5.74, 6) is 0. The van der Waals surface area contributed by atoms with Crippen LogP contribution >= 0.6 is 0 Å². The summed E-state index contributed by atoms with van der Waals surface area (Å²) >= 11 is 0. The first-order valence-corrected chi connectivity index (χ1v) is 7.30. The molecule has 5 nitrogen and oxygen atoms in total. The van der Waals surface area contributed by atoms with Crippen LogP contribution < -0.4 is 5.32 Å². The van der Waals surface area contributed by atoms with Crippen molar-refractivity contribution in [3.63, 3.8) is 0 Å². The normalized spacial score (nSPS) is 10.4. The lowest BCUT2D eigenvalue weighted by Gasteiger charge is -2.05. The van der Waals surface area contributed by atoms with Gasteiger partial charge in [0.1, 0.15) is 12.9 Å². The van der Waals surface area contributed by atoms with Crippen LogP contribution in [-0.4, -0.2) is 23.9 Å². The first-order valence-electron chi connectivity index (χ1n) is 7.30. The number of alkyl carbamates (subject to hydrolysis) is 1. The van der Waals surface area contributed by atoms with Gasteiger partial charge >= 0.3 is 6.09 Å². The number of nitrogens with one attached hydrogen (secondary N) is 1. The summed E-state index contributed by atoms with van der Waals surface area (Å²) in [6.07, 6.45) is 6.26. The minimum absolute atomic E-state index is 0.255. The molecule has 1 N–H and O–H groups in total. The van der Waals surface area contributed by atoms with Gasteiger partial charge in [-0.1, -0.05) is 36.4 Å². The fraction of sp³-hybridized carbons (Fsp3) is 0.167. The van der Waals surface area contributed by atoms with Crippen molar-refractivity contribution in [2.24, 2.45) is 0 Å². The molecule has 0 unspecified atom stereocenters. The molecule has 1 heterocycles. The van der Waals surface area contributed by atoms with Crippen molar-refractivity contribution in [2.75, 3.05) is 6.54 Å². The molecule has 0 aliphatic heterocycles. The molecular weight excluding hydrogens is 292 g/mol. The van der Waals surface area contributed by atoms with Crippen molar-refractivity contribution in [2.45, 2.75) is 13.0 Å². The summed E-state index contributed by atoms with van der Waals surface area (Å²) in [7, 11) is 0. The second-order valence-corrected chi connectivity index (χ2v) is 4.81. The highest BCUT2D eigenvalue weighted by Gasteiger charge is 2.00. The minimum atomic E-state index is -0.441. The smallest absolute Gasteiger partial charge is 0.407 e. The largest absolute Gasteiger partial charge is 0.445 e. The molecule has 1 aromatic carbocycles. The van der Waals surface area contributed by atoms with Crippen molar-refractivity contribution in [1.29, 1.82) is 0 Å². The highest BCUT2D eigenvalue weighted by molar-refractivity contribution is 5.75. The number of hydrogen-bond donors (Lipinski definition) is 1. The summed E-state index contributed by atoms with van der Waals surface area (Å²) in [6, 6.07) is 12.9. The number of nitrogens with zero attached hydrogens (tertiary/aromatic N) is 1. The molecule has 0 saturated carbocycles. The Bertz CT molecular complexity index is 669. The van der Waals surface area contributed by atoms with E-state index in [0.717, 1.165) is 11.8 Å². The summed E-state index contributed by atoms with van der Waals surface area (Å²) < 4.78 is 5.10. The van der Waals surface area contributed by atoms with Crippen LogP contribution in [-0.2, 0) is 11.3 Å². The molecule has 2 rings (SSSR count). The van der Waals surface area contributed by atoms with Gasteiger partial charge in [-0.15, -0.1) is 0 Å². The fourth-order valence-corrected chi connectivity index (χ4v) is 1.87. The zero-order valence-corrected chi connectivity index (χ0v) is 12.6. The van der Waals surface area contributed by atoms with Gasteiger partial charge in [0.05, 0.1) is 5.69 Å². The van der Waals surface area contributed by atoms with Gasteiger partial charge in [-0.2, -0.15) is 0 Å². The number of rotatable bonds is 7. The molecule has 118 valence electrons. The molecule has 0 atom stereocenters. The second-order valence-electron chi connectivity index (χ2n) is 4.81. The maximum atomic E-state index is 11.5. The Labute approximate surface area is 135 Å². The molecule has 0 aliphatic carbocycles. The molecule has 0 saturated heterocycles. The Morgan fingerprint density at radius 3 is 2.83 bits per heavy atom. The monoisotopic (exact) mass is 310 g/mol. The predicted molar refractivity (Wildman–Crippen MR) is 87.9 cm³/mol. The van der Waals surface area contributed by atoms with Crippen LogP contribution in [0.2, 0.25) is 0 Å². The van der Waals surface area contributed by atoms with Crippen LogP contribution in [0.1, 0.15) is 28.0 Å². The first kappa shape index (κ1) is 16.4. The fourth-order valence-electron chi connectivity index (χ4n) is 1.87. The summed E-state index contributed by atoms with van der Waals surface area (Å²) in [5, 5.41) is 2.67. The standard InChI is InChI=1S/C18H18N2O3/c21-13-16-9-11-19-17(12-16)8-4-5-10-20-18(22)23-14-15-6-2-1-3-7-15/h1-4,6-9,11-13H,5,10,14H2,(H,20,22). The van der Waals surface area contributed by atoms with E-state index in [1.807, 2.05) is 42.5 Å². The number of hydrogen-bond acceptors (Lipinski definition) is 4. The van der Waals surface area contributed by atoms with E-state index in [4.69, 9.17) is 4.74 Å². The van der Waals surface area contributed by atoms with Gasteiger partial charge in [-0.25, -0.2) is 4.79 Å². The Hall–Kier alpha value is -2.95. The Balaban J connectivity index is 1.65. The summed E-state index contributed by atoms with van der Waals surface area (Å²) in [6.45, 7) is 0.725. The van der Waals surface area contributed by atoms with Crippen LogP contribution in [0, 0.1) is 0 Å². The number of carbonyl (C=O) groups excluding carboxylic acids is 2. The van der Waals surface area contributed by atoms with Crippen LogP contribution in [0.3, 0.4) is 0 Å². The highest BCUT2D eigenvalue weighted by Crippen LogP contribution is 2.02. The van der Waals surface area contributed by atoms with Crippen LogP contribution in [0.15, 0.2) is 54.7 Å². The maximum Gasteiger partial charge on any atom is 0.407 e. The highest BCUT2D eigenvalue weighted by atomic mass is 16.5. The molecule has 23 heavy (non-hydrogen) atoms. The lowest BCUT2D eigenvalue weighted by Crippen LogP contribution is -2.24. The maximum absolute atomic E-state index is 11.5. The third kappa shape index (κ3) is 6.13. The quantitative estimate of drug-likeness (QED) is 0.630. The lowest BCUT2D eigenvalue weighted by molar-refractivity contribution is 0.112. The van der Waals surface area contributed by atoms with E-state index in [1.165, 1.54) is 0 Å². The van der Waals surface area contributed by atoms with Crippen molar-refractivity contribution in [3.8, 4) is 0 Å². The third-order valence-electron chi connectivity index (χ3n) is 3.02. The summed E-state index contributed by atoms with van der Waals surface area (Å²) in [5.41, 5.74) is 2.24. The SMILES string of the molecule is O=Cc1ccnc(C=CCCNC(=O)OCc2ccccc2)c1. The Morgan fingerprint density at radius 1 is 1.22 bits per heavy atom. The Kier molecular flexibility index (Phi) is 6.53. The van der Waals surface area contributed by atoms with Gasteiger partial charge < -0.3 is 10.1 Å². The molecule has 0 radical (unpaired) electrons. The molecule has 1 aromatic heterocycles. The number of aldehydes is 1. The van der Waals surface area contributed by atoms with Crippen molar-refractivity contribution < 1.29 is 14.3 Å². The zero-order chi connectivity index (χ0) is 16.3. The van der Waals surface area contributed by atoms with Crippen molar-refractivity contribution >= 4 is 18.5 Å². The number of carbonyl (C=O) groups is 2. The number of aromatic nitrogens is 1. The molecular formula is C18H18N2O3. The van der Waals surface area contributed by atoms with Crippen molar-refractivity contribution in [1.82, 2.24) is 10.3 Å². The average molecular weight is 310 g/mol. The van der Waals surface area contributed by atoms with Crippen LogP contribution in [0.5, 0.6) is 0 Å². The molecule has 0 fully saturated rings. The number of benzene rings is 1. The van der Waals surface area contributed by atoms with Gasteiger partial charge in [0, 0.05) is 18.3 Å². The van der Waals surface area contributed by atoms with Crippen molar-refractivity contribution in [3.05, 3.63) is 71.6 Å². The van der Waals surface area contributed by atoms with Gasteiger partial charge in [0.25, 0.3) is 0 Å². The van der Waals surface area contributed by atoms with E-state index in [2.05, 4.69) is 10.3 Å². The van der Waals surface area contributed by atoms with E-state index in [1.54, 1.807) is 18.3 Å². The topological polar surface area (TPSA) is 68.3 Å². The third-order valence-corrected chi connectivity index (χ3v) is 3.02. The molecule has 2 aromatic rings. The van der Waals surface area contributed by atoms with Gasteiger partial charge in [0.15, 0.2) is 0 Å². The molecule has 0 spiro atoms. The van der Waals surface area contributed by atoms with Gasteiger partial charge in [0.2, 0.25) is 0 Å². The van der Waals surface area contributed by atoms with Crippen LogP contribution in [0.25, 0.3) is 6.08 Å². The van der Waals surface area contributed by atoms with Crippen LogP contribution in [0.4, 0.5) is 4.79 Å².